The minimum atomic E-state index is -1.48. The highest BCUT2D eigenvalue weighted by atomic mass is 28.4. The van der Waals surface area contributed by atoms with Crippen LogP contribution in [-0.4, -0.2) is 8.32 Å². The number of benzene rings is 1. The molecule has 0 bridgehead atoms. The fraction of sp³-hybridized carbons (Fsp3) is 0.429. The maximum absolute atomic E-state index is 6.21. The summed E-state index contributed by atoms with van der Waals surface area (Å²) in [6, 6.07) is 12.8. The lowest BCUT2D eigenvalue weighted by Gasteiger charge is -2.32. The lowest BCUT2D eigenvalue weighted by atomic mass is 10.2. The van der Waals surface area contributed by atoms with Crippen molar-refractivity contribution in [3.05, 3.63) is 42.5 Å². The third-order valence-electron chi connectivity index (χ3n) is 3.38. The minimum absolute atomic E-state index is 0.872. The predicted molar refractivity (Wildman–Crippen MR) is 71.6 cm³/mol. The average molecular weight is 232 g/mol. The second-order valence-corrected chi connectivity index (χ2v) is 9.01. The van der Waals surface area contributed by atoms with Gasteiger partial charge in [-0.3, -0.25) is 0 Å². The van der Waals surface area contributed by atoms with Crippen molar-refractivity contribution in [2.75, 3.05) is 0 Å². The molecule has 86 valence electrons. The van der Waals surface area contributed by atoms with Crippen LogP contribution >= 0.6 is 0 Å². The summed E-state index contributed by atoms with van der Waals surface area (Å²) in [6.07, 6.45) is 4.05. The van der Waals surface area contributed by atoms with Crippen LogP contribution < -0.4 is 0 Å². The molecular weight excluding hydrogens is 212 g/mol. The fourth-order valence-corrected chi connectivity index (χ4v) is 5.54. The molecule has 1 aliphatic heterocycles. The largest absolute Gasteiger partial charge is 0.544 e. The Hall–Kier alpha value is -1.02. The molecule has 1 heterocycles. The van der Waals surface area contributed by atoms with Gasteiger partial charge in [0, 0.05) is 5.56 Å². The molecule has 0 atom stereocenters. The highest BCUT2D eigenvalue weighted by Crippen LogP contribution is 2.32. The van der Waals surface area contributed by atoms with Gasteiger partial charge in [0.1, 0.15) is 5.76 Å². The Kier molecular flexibility index (Phi) is 3.49. The summed E-state index contributed by atoms with van der Waals surface area (Å²) in [5.41, 5.74) is 1.13. The topological polar surface area (TPSA) is 9.23 Å². The molecule has 0 amide bonds. The number of rotatable bonds is 3. The molecule has 1 aromatic rings. The van der Waals surface area contributed by atoms with E-state index in [2.05, 4.69) is 25.3 Å². The zero-order valence-electron chi connectivity index (χ0n) is 10.0. The van der Waals surface area contributed by atoms with Crippen LogP contribution in [0.1, 0.15) is 24.8 Å². The first-order chi connectivity index (χ1) is 7.70. The molecule has 0 radical (unpaired) electrons. The van der Waals surface area contributed by atoms with Crippen LogP contribution in [0.4, 0.5) is 0 Å². The van der Waals surface area contributed by atoms with Crippen molar-refractivity contribution < 1.29 is 4.43 Å². The van der Waals surface area contributed by atoms with E-state index in [4.69, 9.17) is 4.43 Å². The lowest BCUT2D eigenvalue weighted by Crippen LogP contribution is -2.35. The van der Waals surface area contributed by atoms with E-state index in [1.54, 1.807) is 0 Å². The quantitative estimate of drug-likeness (QED) is 0.553. The SMILES string of the molecule is C=C(O[Si]1(C)CCCCC1)c1ccccc1. The highest BCUT2D eigenvalue weighted by molar-refractivity contribution is 6.73. The van der Waals surface area contributed by atoms with Crippen molar-refractivity contribution in [3.8, 4) is 0 Å². The average Bonchev–Trinajstić information content (AvgIpc) is 2.30. The highest BCUT2D eigenvalue weighted by Gasteiger charge is 2.33. The molecule has 0 saturated carbocycles. The normalized spacial score (nSPS) is 19.1. The standard InChI is InChI=1S/C14H20OSi/c1-13(14-9-5-3-6-10-14)15-16(2)11-7-4-8-12-16/h3,5-6,9-10H,1,4,7-8,11-12H2,2H3. The van der Waals surface area contributed by atoms with E-state index in [1.165, 1.54) is 31.4 Å². The van der Waals surface area contributed by atoms with Gasteiger partial charge in [0.2, 0.25) is 8.32 Å². The van der Waals surface area contributed by atoms with Crippen LogP contribution in [0, 0.1) is 0 Å². The minimum Gasteiger partial charge on any atom is -0.544 e. The molecule has 16 heavy (non-hydrogen) atoms. The van der Waals surface area contributed by atoms with Crippen LogP contribution in [0.5, 0.6) is 0 Å². The van der Waals surface area contributed by atoms with E-state index in [0.29, 0.717) is 0 Å². The van der Waals surface area contributed by atoms with Crippen molar-refractivity contribution >= 4 is 14.1 Å². The van der Waals surface area contributed by atoms with Gasteiger partial charge in [-0.1, -0.05) is 56.2 Å². The zero-order valence-corrected chi connectivity index (χ0v) is 11.0. The van der Waals surface area contributed by atoms with Crippen LogP contribution in [0.2, 0.25) is 18.6 Å². The molecule has 1 fully saturated rings. The van der Waals surface area contributed by atoms with Gasteiger partial charge in [-0.05, 0) is 18.6 Å². The van der Waals surface area contributed by atoms with Crippen molar-refractivity contribution in [1.82, 2.24) is 0 Å². The maximum Gasteiger partial charge on any atom is 0.248 e. The smallest absolute Gasteiger partial charge is 0.248 e. The summed E-state index contributed by atoms with van der Waals surface area (Å²) in [5.74, 6) is 0.872. The molecule has 0 N–H and O–H groups in total. The Labute approximate surface area is 99.3 Å². The Morgan fingerprint density at radius 3 is 2.38 bits per heavy atom. The van der Waals surface area contributed by atoms with E-state index in [9.17, 15) is 0 Å². The molecule has 1 aliphatic rings. The Morgan fingerprint density at radius 2 is 1.75 bits per heavy atom. The molecule has 2 rings (SSSR count). The number of hydrogen-bond acceptors (Lipinski definition) is 1. The first kappa shape index (κ1) is 11.5. The van der Waals surface area contributed by atoms with Gasteiger partial charge in [0.15, 0.2) is 0 Å². The van der Waals surface area contributed by atoms with E-state index in [0.717, 1.165) is 11.3 Å². The first-order valence-corrected chi connectivity index (χ1v) is 8.95. The van der Waals surface area contributed by atoms with Crippen LogP contribution in [0.25, 0.3) is 5.76 Å². The van der Waals surface area contributed by atoms with Gasteiger partial charge < -0.3 is 4.43 Å². The molecule has 1 saturated heterocycles. The van der Waals surface area contributed by atoms with Crippen LogP contribution in [0.15, 0.2) is 36.9 Å². The fourth-order valence-electron chi connectivity index (χ4n) is 2.38. The summed E-state index contributed by atoms with van der Waals surface area (Å²) < 4.78 is 6.21. The van der Waals surface area contributed by atoms with Gasteiger partial charge in [-0.2, -0.15) is 0 Å². The van der Waals surface area contributed by atoms with Crippen LogP contribution in [0.3, 0.4) is 0 Å². The summed E-state index contributed by atoms with van der Waals surface area (Å²) >= 11 is 0. The Balaban J connectivity index is 2.01. The third kappa shape index (κ3) is 2.76. The first-order valence-electron chi connectivity index (χ1n) is 6.13. The Morgan fingerprint density at radius 1 is 1.12 bits per heavy atom. The maximum atomic E-state index is 6.21. The second-order valence-electron chi connectivity index (χ2n) is 4.90. The van der Waals surface area contributed by atoms with Crippen LogP contribution in [-0.2, 0) is 4.43 Å². The zero-order chi connectivity index (χ0) is 11.4. The van der Waals surface area contributed by atoms with Gasteiger partial charge >= 0.3 is 0 Å². The van der Waals surface area contributed by atoms with Gasteiger partial charge in [0.25, 0.3) is 0 Å². The summed E-state index contributed by atoms with van der Waals surface area (Å²) in [7, 11) is -1.48. The molecule has 1 nitrogen and oxygen atoms in total. The third-order valence-corrected chi connectivity index (χ3v) is 6.94. The molecule has 2 heteroatoms. The van der Waals surface area contributed by atoms with E-state index >= 15 is 0 Å². The predicted octanol–water partition coefficient (Wildman–Crippen LogP) is 4.43. The molecular formula is C14H20OSi. The Bertz CT molecular complexity index is 352. The monoisotopic (exact) mass is 232 g/mol. The molecule has 0 unspecified atom stereocenters. The molecule has 1 aromatic carbocycles. The van der Waals surface area contributed by atoms with E-state index in [-0.39, 0.29) is 0 Å². The summed E-state index contributed by atoms with van der Waals surface area (Å²) in [6.45, 7) is 6.42. The van der Waals surface area contributed by atoms with E-state index < -0.39 is 8.32 Å². The second kappa shape index (κ2) is 4.87. The van der Waals surface area contributed by atoms with Crippen molar-refractivity contribution in [2.45, 2.75) is 37.9 Å². The summed E-state index contributed by atoms with van der Waals surface area (Å²) in [4.78, 5) is 0. The lowest BCUT2D eigenvalue weighted by molar-refractivity contribution is 0.473. The molecule has 0 aromatic heterocycles. The van der Waals surface area contributed by atoms with Gasteiger partial charge in [-0.15, -0.1) is 0 Å². The van der Waals surface area contributed by atoms with Crippen molar-refractivity contribution in [3.63, 3.8) is 0 Å². The van der Waals surface area contributed by atoms with E-state index in [1.807, 2.05) is 18.2 Å². The molecule has 0 spiro atoms. The van der Waals surface area contributed by atoms with Crippen molar-refractivity contribution in [1.29, 1.82) is 0 Å². The summed E-state index contributed by atoms with van der Waals surface area (Å²) in [5, 5.41) is 0. The van der Waals surface area contributed by atoms with Crippen molar-refractivity contribution in [2.24, 2.45) is 0 Å². The van der Waals surface area contributed by atoms with Gasteiger partial charge in [0.05, 0.1) is 0 Å². The number of hydrogen-bond donors (Lipinski definition) is 0. The molecule has 0 aliphatic carbocycles. The van der Waals surface area contributed by atoms with Gasteiger partial charge in [-0.25, -0.2) is 0 Å².